The van der Waals surface area contributed by atoms with Crippen LogP contribution >= 0.6 is 27.7 Å². The molecule has 0 atom stereocenters. The SMILES string of the molecule is C=CCOc1c(Br)cc(/C=C2\SC(=O)N(CCOc3cccc(C)c3)C2=O)cc1OCC. The number of carbonyl (C=O) groups is 2. The lowest BCUT2D eigenvalue weighted by Crippen LogP contribution is -2.32. The number of rotatable bonds is 10. The molecular formula is C24H24BrNO5S. The van der Waals surface area contributed by atoms with Gasteiger partial charge in [-0.05, 0) is 83.0 Å². The summed E-state index contributed by atoms with van der Waals surface area (Å²) in [4.78, 5) is 26.7. The van der Waals surface area contributed by atoms with E-state index in [2.05, 4.69) is 22.5 Å². The summed E-state index contributed by atoms with van der Waals surface area (Å²) in [6, 6.07) is 11.2. The summed E-state index contributed by atoms with van der Waals surface area (Å²) < 4.78 is 17.7. The number of hydrogen-bond donors (Lipinski definition) is 0. The second kappa shape index (κ2) is 11.2. The van der Waals surface area contributed by atoms with Gasteiger partial charge in [0.1, 0.15) is 19.0 Å². The number of aryl methyl sites for hydroxylation is 1. The second-order valence-corrected chi connectivity index (χ2v) is 8.71. The van der Waals surface area contributed by atoms with Crippen LogP contribution < -0.4 is 14.2 Å². The molecule has 1 saturated heterocycles. The zero-order valence-electron chi connectivity index (χ0n) is 17.9. The van der Waals surface area contributed by atoms with Crippen LogP contribution in [0, 0.1) is 6.92 Å². The van der Waals surface area contributed by atoms with Crippen molar-refractivity contribution in [3.8, 4) is 17.2 Å². The summed E-state index contributed by atoms with van der Waals surface area (Å²) >= 11 is 4.40. The number of hydrogen-bond acceptors (Lipinski definition) is 6. The monoisotopic (exact) mass is 517 g/mol. The van der Waals surface area contributed by atoms with E-state index in [1.54, 1.807) is 18.2 Å². The molecule has 3 rings (SSSR count). The molecule has 0 N–H and O–H groups in total. The van der Waals surface area contributed by atoms with Crippen molar-refractivity contribution >= 4 is 44.9 Å². The van der Waals surface area contributed by atoms with Gasteiger partial charge in [0, 0.05) is 0 Å². The second-order valence-electron chi connectivity index (χ2n) is 6.86. The Hall–Kier alpha value is -2.71. The normalized spacial score (nSPS) is 14.7. The van der Waals surface area contributed by atoms with Crippen LogP contribution in [0.2, 0.25) is 0 Å². The number of amides is 2. The quantitative estimate of drug-likeness (QED) is 0.291. The minimum Gasteiger partial charge on any atom is -0.492 e. The molecule has 0 unspecified atom stereocenters. The first kappa shape index (κ1) is 23.9. The van der Waals surface area contributed by atoms with E-state index in [1.807, 2.05) is 44.2 Å². The Bertz CT molecular complexity index is 1050. The van der Waals surface area contributed by atoms with E-state index in [1.165, 1.54) is 4.90 Å². The van der Waals surface area contributed by atoms with E-state index in [0.29, 0.717) is 45.4 Å². The number of imide groups is 1. The highest BCUT2D eigenvalue weighted by Crippen LogP contribution is 2.39. The molecule has 168 valence electrons. The molecule has 0 saturated carbocycles. The zero-order valence-corrected chi connectivity index (χ0v) is 20.3. The largest absolute Gasteiger partial charge is 0.492 e. The molecule has 1 heterocycles. The molecule has 8 heteroatoms. The molecule has 0 aromatic heterocycles. The summed E-state index contributed by atoms with van der Waals surface area (Å²) in [5.41, 5.74) is 1.79. The first-order chi connectivity index (χ1) is 15.4. The van der Waals surface area contributed by atoms with Gasteiger partial charge >= 0.3 is 0 Å². The Balaban J connectivity index is 1.72. The maximum atomic E-state index is 12.8. The molecule has 1 fully saturated rings. The molecule has 2 aromatic rings. The summed E-state index contributed by atoms with van der Waals surface area (Å²) in [6.07, 6.45) is 3.33. The first-order valence-corrected chi connectivity index (χ1v) is 11.7. The van der Waals surface area contributed by atoms with Crippen LogP contribution in [0.1, 0.15) is 18.1 Å². The van der Waals surface area contributed by atoms with E-state index in [9.17, 15) is 9.59 Å². The van der Waals surface area contributed by atoms with Crippen molar-refractivity contribution in [2.24, 2.45) is 0 Å². The zero-order chi connectivity index (χ0) is 23.1. The van der Waals surface area contributed by atoms with Gasteiger partial charge in [-0.2, -0.15) is 0 Å². The van der Waals surface area contributed by atoms with Crippen LogP contribution in [0.3, 0.4) is 0 Å². The molecule has 1 aliphatic rings. The molecule has 2 amide bonds. The van der Waals surface area contributed by atoms with Gasteiger partial charge in [0.05, 0.1) is 22.5 Å². The fourth-order valence-electron chi connectivity index (χ4n) is 3.02. The molecule has 0 bridgehead atoms. The molecule has 6 nitrogen and oxygen atoms in total. The smallest absolute Gasteiger partial charge is 0.293 e. The van der Waals surface area contributed by atoms with Crippen LogP contribution in [-0.4, -0.2) is 42.4 Å². The lowest BCUT2D eigenvalue weighted by atomic mass is 10.2. The molecule has 0 radical (unpaired) electrons. The summed E-state index contributed by atoms with van der Waals surface area (Å²) in [6.45, 7) is 8.70. The Morgan fingerprint density at radius 1 is 1.16 bits per heavy atom. The third-order valence-electron chi connectivity index (χ3n) is 4.42. The summed E-state index contributed by atoms with van der Waals surface area (Å²) in [5, 5.41) is -0.316. The van der Waals surface area contributed by atoms with Gasteiger partial charge < -0.3 is 14.2 Å². The number of carbonyl (C=O) groups excluding carboxylic acids is 2. The first-order valence-electron chi connectivity index (χ1n) is 10.1. The van der Waals surface area contributed by atoms with E-state index in [4.69, 9.17) is 14.2 Å². The maximum absolute atomic E-state index is 12.8. The van der Waals surface area contributed by atoms with E-state index in [-0.39, 0.29) is 24.3 Å². The van der Waals surface area contributed by atoms with Crippen LogP contribution in [0.15, 0.2) is 58.4 Å². The van der Waals surface area contributed by atoms with Gasteiger partial charge in [0.2, 0.25) is 0 Å². The van der Waals surface area contributed by atoms with Crippen LogP contribution in [0.25, 0.3) is 6.08 Å². The fourth-order valence-corrected chi connectivity index (χ4v) is 4.46. The molecule has 1 aliphatic heterocycles. The average molecular weight is 518 g/mol. The van der Waals surface area contributed by atoms with E-state index < -0.39 is 0 Å². The molecule has 0 aliphatic carbocycles. The predicted molar refractivity (Wildman–Crippen MR) is 130 cm³/mol. The van der Waals surface area contributed by atoms with Crippen LogP contribution in [0.4, 0.5) is 4.79 Å². The van der Waals surface area contributed by atoms with Crippen molar-refractivity contribution in [3.05, 3.63) is 69.6 Å². The third-order valence-corrected chi connectivity index (χ3v) is 5.92. The van der Waals surface area contributed by atoms with Crippen molar-refractivity contribution in [3.63, 3.8) is 0 Å². The highest BCUT2D eigenvalue weighted by molar-refractivity contribution is 9.10. The van der Waals surface area contributed by atoms with Gasteiger partial charge in [-0.1, -0.05) is 24.8 Å². The lowest BCUT2D eigenvalue weighted by molar-refractivity contribution is -0.123. The van der Waals surface area contributed by atoms with E-state index in [0.717, 1.165) is 17.3 Å². The molecule has 0 spiro atoms. The standard InChI is InChI=1S/C24H24BrNO5S/c1-4-10-31-22-19(25)13-17(14-20(22)29-5-2)15-21-23(27)26(24(28)32-21)9-11-30-18-8-6-7-16(3)12-18/h4,6-8,12-15H,1,5,9-11H2,2-3H3/b21-15-. The van der Waals surface area contributed by atoms with Gasteiger partial charge in [0.25, 0.3) is 11.1 Å². The summed E-state index contributed by atoms with van der Waals surface area (Å²) in [5.74, 6) is 1.47. The highest BCUT2D eigenvalue weighted by Gasteiger charge is 2.34. The van der Waals surface area contributed by atoms with Crippen molar-refractivity contribution in [2.75, 3.05) is 26.4 Å². The van der Waals surface area contributed by atoms with Crippen molar-refractivity contribution in [2.45, 2.75) is 13.8 Å². The van der Waals surface area contributed by atoms with Crippen LogP contribution in [-0.2, 0) is 4.79 Å². The molecular weight excluding hydrogens is 494 g/mol. The number of nitrogens with zero attached hydrogens (tertiary/aromatic N) is 1. The van der Waals surface area contributed by atoms with E-state index >= 15 is 0 Å². The topological polar surface area (TPSA) is 65.1 Å². The van der Waals surface area contributed by atoms with Gasteiger partial charge in [-0.25, -0.2) is 0 Å². The third kappa shape index (κ3) is 5.95. The number of benzene rings is 2. The Morgan fingerprint density at radius 3 is 2.69 bits per heavy atom. The van der Waals surface area contributed by atoms with Crippen molar-refractivity contribution in [1.82, 2.24) is 4.90 Å². The maximum Gasteiger partial charge on any atom is 0.293 e. The average Bonchev–Trinajstić information content (AvgIpc) is 3.01. The van der Waals surface area contributed by atoms with Crippen molar-refractivity contribution in [1.29, 1.82) is 0 Å². The van der Waals surface area contributed by atoms with Crippen LogP contribution in [0.5, 0.6) is 17.2 Å². The Morgan fingerprint density at radius 2 is 1.97 bits per heavy atom. The Kier molecular flexibility index (Phi) is 8.41. The predicted octanol–water partition coefficient (Wildman–Crippen LogP) is 5.84. The molecule has 2 aromatic carbocycles. The van der Waals surface area contributed by atoms with Gasteiger partial charge in [0.15, 0.2) is 11.5 Å². The lowest BCUT2D eigenvalue weighted by Gasteiger charge is -2.14. The van der Waals surface area contributed by atoms with Gasteiger partial charge in [-0.15, -0.1) is 0 Å². The van der Waals surface area contributed by atoms with Gasteiger partial charge in [-0.3, -0.25) is 14.5 Å². The number of thioether (sulfide) groups is 1. The highest BCUT2D eigenvalue weighted by atomic mass is 79.9. The number of ether oxygens (including phenoxy) is 3. The molecule has 32 heavy (non-hydrogen) atoms. The summed E-state index contributed by atoms with van der Waals surface area (Å²) in [7, 11) is 0. The Labute approximate surface area is 200 Å². The number of halogens is 1. The fraction of sp³-hybridized carbons (Fsp3) is 0.250. The minimum atomic E-state index is -0.339. The minimum absolute atomic E-state index is 0.179. The van der Waals surface area contributed by atoms with Crippen molar-refractivity contribution < 1.29 is 23.8 Å².